The van der Waals surface area contributed by atoms with Crippen LogP contribution in [-0.2, 0) is 6.54 Å². The van der Waals surface area contributed by atoms with Crippen molar-refractivity contribution in [2.24, 2.45) is 0 Å². The third kappa shape index (κ3) is 4.42. The second-order valence-electron chi connectivity index (χ2n) is 4.63. The largest absolute Gasteiger partial charge is 0.495 e. The zero-order chi connectivity index (χ0) is 15.4. The Morgan fingerprint density at radius 3 is 2.67 bits per heavy atom. The third-order valence-electron chi connectivity index (χ3n) is 2.61. The zero-order valence-electron chi connectivity index (χ0n) is 11.9. The van der Waals surface area contributed by atoms with Gasteiger partial charge in [-0.15, -0.1) is 5.10 Å². The van der Waals surface area contributed by atoms with Gasteiger partial charge >= 0.3 is 6.01 Å². The van der Waals surface area contributed by atoms with E-state index in [1.807, 2.05) is 12.1 Å². The van der Waals surface area contributed by atoms with E-state index in [1.165, 1.54) is 0 Å². The molecule has 0 saturated heterocycles. The molecule has 0 aliphatic rings. The molecule has 0 unspecified atom stereocenters. The van der Waals surface area contributed by atoms with Crippen molar-refractivity contribution < 1.29 is 9.15 Å². The molecule has 0 atom stereocenters. The van der Waals surface area contributed by atoms with Gasteiger partial charge in [0.2, 0.25) is 5.89 Å². The highest BCUT2D eigenvalue weighted by Gasteiger charge is 2.11. The van der Waals surface area contributed by atoms with Crippen LogP contribution in [0.4, 0.5) is 11.7 Å². The van der Waals surface area contributed by atoms with Gasteiger partial charge in [0.25, 0.3) is 0 Å². The van der Waals surface area contributed by atoms with Crippen LogP contribution in [-0.4, -0.2) is 23.3 Å². The maximum atomic E-state index is 5.53. The molecule has 114 valence electrons. The number of anilines is 2. The summed E-state index contributed by atoms with van der Waals surface area (Å²) in [4.78, 5) is 0. The number of rotatable bonds is 6. The van der Waals surface area contributed by atoms with Crippen LogP contribution in [0.1, 0.15) is 19.7 Å². The lowest BCUT2D eigenvalue weighted by atomic mass is 10.3. The number of nitrogens with one attached hydrogen (secondary N) is 2. The first-order valence-electron chi connectivity index (χ1n) is 6.35. The molecule has 2 N–H and O–H groups in total. The number of methoxy groups -OCH3 is 1. The van der Waals surface area contributed by atoms with Crippen LogP contribution < -0.4 is 15.4 Å². The number of hydrogen-bond acceptors (Lipinski definition) is 6. The van der Waals surface area contributed by atoms with Crippen molar-refractivity contribution in [1.82, 2.24) is 15.5 Å². The summed E-state index contributed by atoms with van der Waals surface area (Å²) in [6, 6.07) is 4.42. The summed E-state index contributed by atoms with van der Waals surface area (Å²) in [5.41, 5.74) is 0.780. The van der Waals surface area contributed by atoms with E-state index in [4.69, 9.17) is 9.15 Å². The Morgan fingerprint density at radius 2 is 2.00 bits per heavy atom. The minimum atomic E-state index is 0.334. The summed E-state index contributed by atoms with van der Waals surface area (Å²) < 4.78 is 12.5. The number of nitrogens with zero attached hydrogens (tertiary/aromatic N) is 2. The molecule has 0 aliphatic carbocycles. The Hall–Kier alpha value is -1.12. The molecule has 1 aromatic heterocycles. The van der Waals surface area contributed by atoms with Gasteiger partial charge in [0.1, 0.15) is 5.75 Å². The lowest BCUT2D eigenvalue weighted by Crippen LogP contribution is -2.21. The summed E-state index contributed by atoms with van der Waals surface area (Å²) in [5, 5.41) is 14.2. The van der Waals surface area contributed by atoms with E-state index in [0.29, 0.717) is 30.2 Å². The normalized spacial score (nSPS) is 11.0. The van der Waals surface area contributed by atoms with E-state index in [0.717, 1.165) is 14.6 Å². The standard InChI is InChI=1S/C13H16Br2N4O2/c1-7(2)16-6-12-18-19-13(21-12)17-10-5-11(20-3)9(15)4-8(10)14/h4-5,7,16H,6H2,1-3H3,(H,17,19). The molecule has 21 heavy (non-hydrogen) atoms. The molecule has 1 aromatic carbocycles. The summed E-state index contributed by atoms with van der Waals surface area (Å²) in [6.45, 7) is 4.65. The van der Waals surface area contributed by atoms with Crippen molar-refractivity contribution in [2.45, 2.75) is 26.4 Å². The van der Waals surface area contributed by atoms with Gasteiger partial charge in [-0.25, -0.2) is 0 Å². The Labute approximate surface area is 139 Å². The van der Waals surface area contributed by atoms with E-state index < -0.39 is 0 Å². The van der Waals surface area contributed by atoms with E-state index >= 15 is 0 Å². The summed E-state index contributed by atoms with van der Waals surface area (Å²) >= 11 is 6.90. The maximum Gasteiger partial charge on any atom is 0.320 e. The summed E-state index contributed by atoms with van der Waals surface area (Å²) in [5.74, 6) is 1.24. The van der Waals surface area contributed by atoms with Crippen molar-refractivity contribution in [3.63, 3.8) is 0 Å². The molecule has 0 spiro atoms. The van der Waals surface area contributed by atoms with Gasteiger partial charge in [0.15, 0.2) is 0 Å². The lowest BCUT2D eigenvalue weighted by molar-refractivity contribution is 0.412. The number of aromatic nitrogens is 2. The maximum absolute atomic E-state index is 5.53. The highest BCUT2D eigenvalue weighted by Crippen LogP contribution is 2.35. The first-order chi connectivity index (χ1) is 9.99. The predicted molar refractivity (Wildman–Crippen MR) is 88.0 cm³/mol. The van der Waals surface area contributed by atoms with Crippen LogP contribution in [0.5, 0.6) is 5.75 Å². The Bertz CT molecular complexity index is 616. The van der Waals surface area contributed by atoms with Crippen LogP contribution >= 0.6 is 31.9 Å². The Morgan fingerprint density at radius 1 is 1.24 bits per heavy atom. The van der Waals surface area contributed by atoms with Gasteiger partial charge < -0.3 is 19.8 Å². The zero-order valence-corrected chi connectivity index (χ0v) is 15.1. The Kier molecular flexibility index (Phi) is 5.60. The topological polar surface area (TPSA) is 72.2 Å². The highest BCUT2D eigenvalue weighted by atomic mass is 79.9. The number of halogens is 2. The number of hydrogen-bond donors (Lipinski definition) is 2. The smallest absolute Gasteiger partial charge is 0.320 e. The molecule has 0 aliphatic heterocycles. The first kappa shape index (κ1) is 16.3. The van der Waals surface area contributed by atoms with E-state index in [-0.39, 0.29) is 0 Å². The fourth-order valence-electron chi connectivity index (χ4n) is 1.56. The second-order valence-corrected chi connectivity index (χ2v) is 6.34. The summed E-state index contributed by atoms with van der Waals surface area (Å²) in [6.07, 6.45) is 0. The SMILES string of the molecule is COc1cc(Nc2nnc(CNC(C)C)o2)c(Br)cc1Br. The van der Waals surface area contributed by atoms with Crippen molar-refractivity contribution in [1.29, 1.82) is 0 Å². The van der Waals surface area contributed by atoms with Crippen molar-refractivity contribution >= 4 is 43.6 Å². The average molecular weight is 420 g/mol. The lowest BCUT2D eigenvalue weighted by Gasteiger charge is -2.09. The van der Waals surface area contributed by atoms with Crippen LogP contribution in [0, 0.1) is 0 Å². The van der Waals surface area contributed by atoms with Gasteiger partial charge in [-0.3, -0.25) is 0 Å². The minimum Gasteiger partial charge on any atom is -0.495 e. The van der Waals surface area contributed by atoms with Crippen molar-refractivity contribution in [3.8, 4) is 5.75 Å². The third-order valence-corrected chi connectivity index (χ3v) is 3.89. The van der Waals surface area contributed by atoms with Crippen LogP contribution in [0.15, 0.2) is 25.5 Å². The average Bonchev–Trinajstić information content (AvgIpc) is 2.87. The highest BCUT2D eigenvalue weighted by molar-refractivity contribution is 9.11. The van der Waals surface area contributed by atoms with Gasteiger partial charge in [-0.1, -0.05) is 18.9 Å². The predicted octanol–water partition coefficient (Wildman–Crippen LogP) is 3.84. The number of benzene rings is 1. The van der Waals surface area contributed by atoms with Gasteiger partial charge in [0.05, 0.1) is 23.8 Å². The molecule has 0 amide bonds. The van der Waals surface area contributed by atoms with Crippen LogP contribution in [0.2, 0.25) is 0 Å². The fraction of sp³-hybridized carbons (Fsp3) is 0.385. The molecule has 0 saturated carbocycles. The molecule has 1 heterocycles. The van der Waals surface area contributed by atoms with E-state index in [1.54, 1.807) is 7.11 Å². The van der Waals surface area contributed by atoms with Crippen LogP contribution in [0.25, 0.3) is 0 Å². The minimum absolute atomic E-state index is 0.334. The molecule has 0 bridgehead atoms. The fourth-order valence-corrected chi connectivity index (χ4v) is 2.82. The van der Waals surface area contributed by atoms with E-state index in [2.05, 4.69) is 66.5 Å². The van der Waals surface area contributed by atoms with Crippen LogP contribution in [0.3, 0.4) is 0 Å². The quantitative estimate of drug-likeness (QED) is 0.740. The molecule has 2 rings (SSSR count). The Balaban J connectivity index is 2.11. The molecule has 6 nitrogen and oxygen atoms in total. The summed E-state index contributed by atoms with van der Waals surface area (Å²) in [7, 11) is 1.61. The van der Waals surface area contributed by atoms with Crippen molar-refractivity contribution in [3.05, 3.63) is 27.0 Å². The molecule has 0 radical (unpaired) electrons. The number of ether oxygens (including phenoxy) is 1. The molecule has 8 heteroatoms. The molecule has 0 fully saturated rings. The molecule has 2 aromatic rings. The van der Waals surface area contributed by atoms with Gasteiger partial charge in [0, 0.05) is 16.6 Å². The van der Waals surface area contributed by atoms with Crippen molar-refractivity contribution in [2.75, 3.05) is 12.4 Å². The molecular weight excluding hydrogens is 404 g/mol. The van der Waals surface area contributed by atoms with E-state index in [9.17, 15) is 0 Å². The van der Waals surface area contributed by atoms with Gasteiger partial charge in [-0.05, 0) is 37.9 Å². The van der Waals surface area contributed by atoms with Gasteiger partial charge in [-0.2, -0.15) is 0 Å². The first-order valence-corrected chi connectivity index (χ1v) is 7.94. The second kappa shape index (κ2) is 7.24. The molecular formula is C13H16Br2N4O2. The monoisotopic (exact) mass is 418 g/mol.